The number of benzene rings is 2. The third kappa shape index (κ3) is 11.6. The van der Waals surface area contributed by atoms with Crippen molar-refractivity contribution in [2.45, 2.75) is 128 Å². The minimum absolute atomic E-state index is 0.0430. The Morgan fingerprint density at radius 1 is 0.952 bits per heavy atom. The number of fused-ring (bicyclic) bond motifs is 2. The van der Waals surface area contributed by atoms with E-state index in [9.17, 15) is 35.1 Å². The first-order valence-electron chi connectivity index (χ1n) is 22.6. The van der Waals surface area contributed by atoms with Gasteiger partial charge in [0.05, 0.1) is 37.2 Å². The number of aliphatic hydroxyl groups excluding tert-OH is 4. The number of rotatable bonds is 15. The van der Waals surface area contributed by atoms with Gasteiger partial charge in [-0.1, -0.05) is 68.5 Å². The summed E-state index contributed by atoms with van der Waals surface area (Å²) in [6.45, 7) is 6.39. The molecule has 1 saturated carbocycles. The van der Waals surface area contributed by atoms with Crippen LogP contribution in [0.4, 0.5) is 0 Å². The fraction of sp³-hybridized carbons (Fsp3) is 0.529. The molecule has 9 N–H and O–H groups in total. The average molecular weight is 850 g/mol. The summed E-state index contributed by atoms with van der Waals surface area (Å²) < 4.78 is 5.46. The van der Waals surface area contributed by atoms with Crippen LogP contribution < -0.4 is 15.8 Å². The number of hydrogen-bond donors (Lipinski definition) is 8. The van der Waals surface area contributed by atoms with Gasteiger partial charge in [0.2, 0.25) is 0 Å². The number of aromatic amines is 1. The van der Waals surface area contributed by atoms with Crippen LogP contribution in [-0.2, 0) is 22.4 Å². The number of phenolic OH excluding ortho intramolecular Hbond substituents is 1. The number of aryl methyl sites for hydroxylation is 1. The largest absolute Gasteiger partial charge is 0.504 e. The zero-order chi connectivity index (χ0) is 44.5. The molecule has 6 rings (SSSR count). The van der Waals surface area contributed by atoms with Crippen LogP contribution in [0.5, 0.6) is 11.5 Å². The molecule has 1 aromatic heterocycles. The topological polar surface area (TPSA) is 198 Å². The van der Waals surface area contributed by atoms with E-state index in [-0.39, 0.29) is 48.0 Å². The minimum Gasteiger partial charge on any atom is -0.504 e. The van der Waals surface area contributed by atoms with Crippen LogP contribution in [0.1, 0.15) is 118 Å². The summed E-state index contributed by atoms with van der Waals surface area (Å²) in [7, 11) is 1.47. The lowest BCUT2D eigenvalue weighted by Gasteiger charge is -2.33. The molecule has 334 valence electrons. The number of aromatic hydroxyl groups is 1. The van der Waals surface area contributed by atoms with Crippen LogP contribution in [0.25, 0.3) is 0 Å². The number of nitrogens with one attached hydrogen (secondary N) is 2. The molecule has 0 spiro atoms. The molecule has 11 nitrogen and oxygen atoms in total. The molecule has 1 aliphatic heterocycles. The second-order valence-electron chi connectivity index (χ2n) is 18.1. The van der Waals surface area contributed by atoms with Gasteiger partial charge in [-0.25, -0.2) is 0 Å². The molecule has 11 heteroatoms. The SMILES string of the molecule is CCC[C@@H]([C@@H]1C[C@@H](CC2=CCNC(N)=C2)C[C@H]2C#C[C@H](c3ccccc3)c3cc(O)c(OC)cc3CCC(=O)[C@H](O)C(=O)[C@H]2C1)[C@H](O)Cc1cc([C@H](C)CC[C@H](O)[C@H](C)O)c[nH]1. The Hall–Kier alpha value is -4.86. The zero-order valence-electron chi connectivity index (χ0n) is 36.7. The highest BCUT2D eigenvalue weighted by Gasteiger charge is 2.43. The maximum atomic E-state index is 14.7. The van der Waals surface area contributed by atoms with Crippen molar-refractivity contribution in [1.82, 2.24) is 10.3 Å². The normalized spacial score (nSPS) is 25.6. The first kappa shape index (κ1) is 46.6. The molecule has 0 amide bonds. The summed E-state index contributed by atoms with van der Waals surface area (Å²) in [6, 6.07) is 15.3. The second-order valence-corrected chi connectivity index (χ2v) is 18.1. The number of Topliss-reactive ketones (excluding diaryl/α,β-unsaturated/α-hetero) is 2. The fourth-order valence-corrected chi connectivity index (χ4v) is 10.1. The van der Waals surface area contributed by atoms with Crippen molar-refractivity contribution < 1.29 is 39.9 Å². The van der Waals surface area contributed by atoms with Crippen molar-refractivity contribution in [2.75, 3.05) is 13.7 Å². The zero-order valence-corrected chi connectivity index (χ0v) is 36.7. The number of hydrogen-bond acceptors (Lipinski definition) is 10. The smallest absolute Gasteiger partial charge is 0.173 e. The Morgan fingerprint density at radius 3 is 2.44 bits per heavy atom. The Kier molecular flexibility index (Phi) is 16.2. The van der Waals surface area contributed by atoms with Crippen LogP contribution in [0.2, 0.25) is 0 Å². The summed E-state index contributed by atoms with van der Waals surface area (Å²) in [6.07, 6.45) is 7.42. The van der Waals surface area contributed by atoms with E-state index in [4.69, 9.17) is 10.5 Å². The van der Waals surface area contributed by atoms with E-state index >= 15 is 0 Å². The van der Waals surface area contributed by atoms with E-state index in [0.29, 0.717) is 57.3 Å². The standard InChI is InChI=1S/C51H67N3O8/c1-5-9-41(46(58)27-39-24-38(29-54-39)30(2)12-16-44(56)31(3)55)37-22-33(20-32-18-19-53-49(52)23-32)21-35-13-15-40(34-10-7-6-8-11-34)42-28-47(59)48(62-4)26-36(42)14-17-45(57)51(61)50(60)43(35)25-37/h6-8,10-11,18,23-24,26,28-31,33,35,37,40-41,43-44,46,51,53-56,58-59,61H,5,9,12,14,16-17,19-22,25,27,52H2,1-4H3/t30-,31+,33+,35-,37-,40-,41+,43+,44+,46-,51+/m1/s1. The van der Waals surface area contributed by atoms with Crippen LogP contribution in [0.3, 0.4) is 0 Å². The van der Waals surface area contributed by atoms with Crippen molar-refractivity contribution in [2.24, 2.45) is 35.3 Å². The summed E-state index contributed by atoms with van der Waals surface area (Å²) >= 11 is 0. The number of ketones is 2. The maximum absolute atomic E-state index is 14.7. The lowest BCUT2D eigenvalue weighted by Crippen LogP contribution is -2.40. The number of nitrogens with two attached hydrogens (primary N) is 1. The molecule has 0 unspecified atom stereocenters. The molecule has 1 fully saturated rings. The van der Waals surface area contributed by atoms with E-state index in [1.54, 1.807) is 19.1 Å². The number of H-pyrrole nitrogens is 1. The highest BCUT2D eigenvalue weighted by atomic mass is 16.5. The summed E-state index contributed by atoms with van der Waals surface area (Å²) in [5.74, 6) is 5.00. The highest BCUT2D eigenvalue weighted by molar-refractivity contribution is 6.06. The van der Waals surface area contributed by atoms with Crippen molar-refractivity contribution in [3.8, 4) is 23.3 Å². The number of carbonyl (C=O) groups is 2. The van der Waals surface area contributed by atoms with Crippen molar-refractivity contribution >= 4 is 11.6 Å². The highest BCUT2D eigenvalue weighted by Crippen LogP contribution is 2.45. The average Bonchev–Trinajstić information content (AvgIpc) is 3.65. The lowest BCUT2D eigenvalue weighted by molar-refractivity contribution is -0.142. The van der Waals surface area contributed by atoms with Gasteiger partial charge in [-0.2, -0.15) is 0 Å². The molecule has 2 heterocycles. The van der Waals surface area contributed by atoms with E-state index in [0.717, 1.165) is 46.4 Å². The van der Waals surface area contributed by atoms with E-state index in [1.165, 1.54) is 7.11 Å². The Bertz CT molecular complexity index is 2110. The van der Waals surface area contributed by atoms with Crippen molar-refractivity contribution in [3.05, 3.63) is 106 Å². The quantitative estimate of drug-likeness (QED) is 0.0633. The van der Waals surface area contributed by atoms with Gasteiger partial charge in [0.15, 0.2) is 29.2 Å². The molecule has 0 bridgehead atoms. The number of aromatic nitrogens is 1. The number of dihydropyridines is 1. The third-order valence-electron chi connectivity index (χ3n) is 13.6. The van der Waals surface area contributed by atoms with Crippen LogP contribution in [0, 0.1) is 41.4 Å². The molecule has 2 aliphatic carbocycles. The maximum Gasteiger partial charge on any atom is 0.173 e. The van der Waals surface area contributed by atoms with Crippen molar-refractivity contribution in [3.63, 3.8) is 0 Å². The molecule has 11 atom stereocenters. The Morgan fingerprint density at radius 2 is 1.73 bits per heavy atom. The number of ether oxygens (including phenoxy) is 1. The number of methoxy groups -OCH3 is 1. The first-order valence-corrected chi connectivity index (χ1v) is 22.6. The number of phenols is 1. The number of aliphatic hydroxyl groups is 4. The Balaban J connectivity index is 1.39. The fourth-order valence-electron chi connectivity index (χ4n) is 10.1. The predicted molar refractivity (Wildman–Crippen MR) is 240 cm³/mol. The van der Waals surface area contributed by atoms with Gasteiger partial charge in [-0.15, -0.1) is 0 Å². The van der Waals surface area contributed by atoms with Crippen LogP contribution >= 0.6 is 0 Å². The molecule has 0 saturated heterocycles. The number of allylic oxidation sites excluding steroid dienone is 2. The molecule has 0 radical (unpaired) electrons. The summed E-state index contributed by atoms with van der Waals surface area (Å²) in [5.41, 5.74) is 11.7. The second kappa shape index (κ2) is 21.5. The molecule has 62 heavy (non-hydrogen) atoms. The molecule has 3 aliphatic rings. The van der Waals surface area contributed by atoms with Gasteiger partial charge >= 0.3 is 0 Å². The summed E-state index contributed by atoms with van der Waals surface area (Å²) in [4.78, 5) is 31.9. The molecular weight excluding hydrogens is 783 g/mol. The summed E-state index contributed by atoms with van der Waals surface area (Å²) in [5, 5.41) is 57.9. The van der Waals surface area contributed by atoms with Gasteiger partial charge in [0.1, 0.15) is 0 Å². The first-order chi connectivity index (χ1) is 29.8. The van der Waals surface area contributed by atoms with Gasteiger partial charge in [-0.3, -0.25) is 9.59 Å². The van der Waals surface area contributed by atoms with Gasteiger partial charge in [0, 0.05) is 43.1 Å². The molecule has 3 aromatic rings. The molecular formula is C51H67N3O8. The van der Waals surface area contributed by atoms with Gasteiger partial charge < -0.3 is 46.3 Å². The lowest BCUT2D eigenvalue weighted by atomic mass is 9.73. The predicted octanol–water partition coefficient (Wildman–Crippen LogP) is 6.32. The third-order valence-corrected chi connectivity index (χ3v) is 13.6. The molecule has 2 aromatic carbocycles. The van der Waals surface area contributed by atoms with E-state index in [2.05, 4.69) is 48.1 Å². The van der Waals surface area contributed by atoms with Gasteiger partial charge in [-0.05, 0) is 134 Å². The van der Waals surface area contributed by atoms with Crippen LogP contribution in [-0.4, -0.2) is 80.2 Å². The van der Waals surface area contributed by atoms with Crippen LogP contribution in [0.15, 0.2) is 78.3 Å². The Labute approximate surface area is 366 Å². The van der Waals surface area contributed by atoms with E-state index in [1.807, 2.05) is 42.6 Å². The minimum atomic E-state index is -1.82. The monoisotopic (exact) mass is 849 g/mol. The van der Waals surface area contributed by atoms with Gasteiger partial charge in [0.25, 0.3) is 0 Å². The van der Waals surface area contributed by atoms with Crippen molar-refractivity contribution in [1.29, 1.82) is 0 Å². The number of carbonyl (C=O) groups excluding carboxylic acids is 2. The van der Waals surface area contributed by atoms with E-state index < -0.39 is 53.7 Å².